The molecule has 0 saturated heterocycles. The zero-order chi connectivity index (χ0) is 12.0. The highest BCUT2D eigenvalue weighted by atomic mass is 16.3. The van der Waals surface area contributed by atoms with Crippen LogP contribution >= 0.6 is 0 Å². The highest BCUT2D eigenvalue weighted by Gasteiger charge is 2.17. The maximum absolute atomic E-state index is 12.0. The summed E-state index contributed by atoms with van der Waals surface area (Å²) in [6.07, 6.45) is 3.52. The number of aromatic nitrogens is 1. The topological polar surface area (TPSA) is 53.4 Å². The molecule has 0 aliphatic heterocycles. The number of hydrogen-bond donors (Lipinski definition) is 1. The molecular formula is C12H18N2O2. The van der Waals surface area contributed by atoms with Crippen LogP contribution in [0.5, 0.6) is 5.75 Å². The molecular weight excluding hydrogens is 204 g/mol. The van der Waals surface area contributed by atoms with Crippen LogP contribution in [0, 0.1) is 0 Å². The molecule has 0 unspecified atom stereocenters. The number of nitrogens with zero attached hydrogens (tertiary/aromatic N) is 2. The summed E-state index contributed by atoms with van der Waals surface area (Å²) in [4.78, 5) is 17.6. The van der Waals surface area contributed by atoms with Gasteiger partial charge in [0, 0.05) is 19.3 Å². The second-order valence-electron chi connectivity index (χ2n) is 3.61. The van der Waals surface area contributed by atoms with Crippen molar-refractivity contribution in [2.75, 3.05) is 13.1 Å². The Labute approximate surface area is 95.9 Å². The first-order valence-electron chi connectivity index (χ1n) is 5.64. The molecule has 1 aromatic rings. The third kappa shape index (κ3) is 2.95. The van der Waals surface area contributed by atoms with Crippen molar-refractivity contribution in [2.24, 2.45) is 0 Å². The first-order chi connectivity index (χ1) is 7.70. The van der Waals surface area contributed by atoms with Gasteiger partial charge in [-0.15, -0.1) is 0 Å². The van der Waals surface area contributed by atoms with E-state index in [0.717, 1.165) is 12.8 Å². The van der Waals surface area contributed by atoms with Crippen LogP contribution in [0.2, 0.25) is 0 Å². The van der Waals surface area contributed by atoms with Gasteiger partial charge in [-0.05, 0) is 25.5 Å². The van der Waals surface area contributed by atoms with Gasteiger partial charge in [-0.25, -0.2) is 4.98 Å². The Morgan fingerprint density at radius 3 is 2.81 bits per heavy atom. The lowest BCUT2D eigenvalue weighted by Gasteiger charge is -2.20. The fourth-order valence-electron chi connectivity index (χ4n) is 1.46. The maximum Gasteiger partial charge on any atom is 0.276 e. The quantitative estimate of drug-likeness (QED) is 0.829. The van der Waals surface area contributed by atoms with E-state index in [2.05, 4.69) is 11.9 Å². The SMILES string of the molecule is CCCCN(CC)C(=O)c1ncccc1O. The normalized spacial score (nSPS) is 10.1. The molecule has 4 heteroatoms. The van der Waals surface area contributed by atoms with E-state index in [4.69, 9.17) is 0 Å². The van der Waals surface area contributed by atoms with Crippen LogP contribution in [0.1, 0.15) is 37.2 Å². The number of hydrogen-bond acceptors (Lipinski definition) is 3. The van der Waals surface area contributed by atoms with E-state index >= 15 is 0 Å². The summed E-state index contributed by atoms with van der Waals surface area (Å²) < 4.78 is 0. The zero-order valence-electron chi connectivity index (χ0n) is 9.81. The number of unbranched alkanes of at least 4 members (excludes halogenated alkanes) is 1. The molecule has 1 heterocycles. The molecule has 0 radical (unpaired) electrons. The average Bonchev–Trinajstić information content (AvgIpc) is 2.30. The van der Waals surface area contributed by atoms with Crippen molar-refractivity contribution in [3.63, 3.8) is 0 Å². The Morgan fingerprint density at radius 2 is 2.25 bits per heavy atom. The van der Waals surface area contributed by atoms with Gasteiger partial charge in [-0.1, -0.05) is 13.3 Å². The Balaban J connectivity index is 2.79. The number of aromatic hydroxyl groups is 1. The Kier molecular flexibility index (Phi) is 4.76. The summed E-state index contributed by atoms with van der Waals surface area (Å²) in [5.41, 5.74) is 0.139. The molecule has 1 aromatic heterocycles. The molecule has 0 atom stereocenters. The van der Waals surface area contributed by atoms with E-state index in [1.807, 2.05) is 6.92 Å². The third-order valence-corrected chi connectivity index (χ3v) is 2.44. The van der Waals surface area contributed by atoms with Gasteiger partial charge in [-0.2, -0.15) is 0 Å². The van der Waals surface area contributed by atoms with Crippen LogP contribution in [0.3, 0.4) is 0 Å². The molecule has 0 aliphatic rings. The Hall–Kier alpha value is -1.58. The van der Waals surface area contributed by atoms with Crippen LogP contribution < -0.4 is 0 Å². The monoisotopic (exact) mass is 222 g/mol. The highest BCUT2D eigenvalue weighted by Crippen LogP contribution is 2.15. The number of carbonyl (C=O) groups is 1. The lowest BCUT2D eigenvalue weighted by molar-refractivity contribution is 0.0753. The van der Waals surface area contributed by atoms with Gasteiger partial charge >= 0.3 is 0 Å². The van der Waals surface area contributed by atoms with Crippen LogP contribution in [-0.4, -0.2) is 34.0 Å². The van der Waals surface area contributed by atoms with Gasteiger partial charge < -0.3 is 10.0 Å². The van der Waals surface area contributed by atoms with Gasteiger partial charge in [-0.3, -0.25) is 4.79 Å². The molecule has 0 saturated carbocycles. The molecule has 88 valence electrons. The fraction of sp³-hybridized carbons (Fsp3) is 0.500. The van der Waals surface area contributed by atoms with Gasteiger partial charge in [0.1, 0.15) is 5.75 Å². The molecule has 1 N–H and O–H groups in total. The molecule has 4 nitrogen and oxygen atoms in total. The van der Waals surface area contributed by atoms with Crippen LogP contribution in [0.25, 0.3) is 0 Å². The lowest BCUT2D eigenvalue weighted by atomic mass is 10.2. The minimum atomic E-state index is -0.200. The van der Waals surface area contributed by atoms with E-state index in [0.29, 0.717) is 13.1 Å². The fourth-order valence-corrected chi connectivity index (χ4v) is 1.46. The first-order valence-corrected chi connectivity index (χ1v) is 5.64. The maximum atomic E-state index is 12.0. The van der Waals surface area contributed by atoms with Gasteiger partial charge in [0.25, 0.3) is 5.91 Å². The summed E-state index contributed by atoms with van der Waals surface area (Å²) in [6.45, 7) is 5.35. The van der Waals surface area contributed by atoms with E-state index < -0.39 is 0 Å². The van der Waals surface area contributed by atoms with Crippen LogP contribution in [0.15, 0.2) is 18.3 Å². The second kappa shape index (κ2) is 6.10. The van der Waals surface area contributed by atoms with Crippen molar-refractivity contribution in [1.82, 2.24) is 9.88 Å². The molecule has 0 spiro atoms. The van der Waals surface area contributed by atoms with Crippen molar-refractivity contribution in [3.8, 4) is 5.75 Å². The predicted molar refractivity (Wildman–Crippen MR) is 62.4 cm³/mol. The van der Waals surface area contributed by atoms with Crippen molar-refractivity contribution in [3.05, 3.63) is 24.0 Å². The first kappa shape index (κ1) is 12.5. The Morgan fingerprint density at radius 1 is 1.50 bits per heavy atom. The summed E-state index contributed by atoms with van der Waals surface area (Å²) in [7, 11) is 0. The van der Waals surface area contributed by atoms with Crippen LogP contribution in [-0.2, 0) is 0 Å². The standard InChI is InChI=1S/C12H18N2O2/c1-3-5-9-14(4-2)12(16)11-10(15)7-6-8-13-11/h6-8,15H,3-5,9H2,1-2H3. The van der Waals surface area contributed by atoms with Crippen molar-refractivity contribution >= 4 is 5.91 Å². The minimum Gasteiger partial charge on any atom is -0.505 e. The summed E-state index contributed by atoms with van der Waals surface area (Å²) in [6, 6.07) is 3.09. The van der Waals surface area contributed by atoms with Gasteiger partial charge in [0.2, 0.25) is 0 Å². The average molecular weight is 222 g/mol. The van der Waals surface area contributed by atoms with E-state index in [1.54, 1.807) is 11.0 Å². The molecule has 0 fully saturated rings. The summed E-state index contributed by atoms with van der Waals surface area (Å²) in [5.74, 6) is -0.253. The van der Waals surface area contributed by atoms with Crippen molar-refractivity contribution in [1.29, 1.82) is 0 Å². The molecule has 0 aliphatic carbocycles. The van der Waals surface area contributed by atoms with Crippen molar-refractivity contribution in [2.45, 2.75) is 26.7 Å². The zero-order valence-corrected chi connectivity index (χ0v) is 9.81. The molecule has 0 aromatic carbocycles. The van der Waals surface area contributed by atoms with E-state index in [9.17, 15) is 9.90 Å². The number of pyridine rings is 1. The van der Waals surface area contributed by atoms with Crippen LogP contribution in [0.4, 0.5) is 0 Å². The molecule has 1 rings (SSSR count). The third-order valence-electron chi connectivity index (χ3n) is 2.44. The summed E-state index contributed by atoms with van der Waals surface area (Å²) in [5, 5.41) is 9.54. The molecule has 1 amide bonds. The van der Waals surface area contributed by atoms with E-state index in [1.165, 1.54) is 12.3 Å². The number of carbonyl (C=O) groups excluding carboxylic acids is 1. The second-order valence-corrected chi connectivity index (χ2v) is 3.61. The predicted octanol–water partition coefficient (Wildman–Crippen LogP) is 2.05. The Bertz CT molecular complexity index is 353. The molecule has 0 bridgehead atoms. The molecule has 16 heavy (non-hydrogen) atoms. The number of rotatable bonds is 5. The van der Waals surface area contributed by atoms with Crippen molar-refractivity contribution < 1.29 is 9.90 Å². The smallest absolute Gasteiger partial charge is 0.276 e. The van der Waals surface area contributed by atoms with Gasteiger partial charge in [0.05, 0.1) is 0 Å². The van der Waals surface area contributed by atoms with Gasteiger partial charge in [0.15, 0.2) is 5.69 Å². The summed E-state index contributed by atoms with van der Waals surface area (Å²) >= 11 is 0. The highest BCUT2D eigenvalue weighted by molar-refractivity contribution is 5.94. The lowest BCUT2D eigenvalue weighted by Crippen LogP contribution is -2.32. The number of amides is 1. The minimum absolute atomic E-state index is 0.0533. The largest absolute Gasteiger partial charge is 0.505 e. The van der Waals surface area contributed by atoms with E-state index in [-0.39, 0.29) is 17.4 Å².